The van der Waals surface area contributed by atoms with Crippen molar-refractivity contribution in [3.05, 3.63) is 142 Å². The molecule has 3 heterocycles. The van der Waals surface area contributed by atoms with Crippen LogP contribution in [0.25, 0.3) is 11.2 Å². The van der Waals surface area contributed by atoms with Crippen molar-refractivity contribution in [3.63, 3.8) is 0 Å². The number of carbonyl (C=O) groups excluding carboxylic acids is 1. The highest BCUT2D eigenvalue weighted by Crippen LogP contribution is 2.51. The molecule has 1 amide bonds. The van der Waals surface area contributed by atoms with E-state index in [0.29, 0.717) is 22.6 Å². The summed E-state index contributed by atoms with van der Waals surface area (Å²) in [4.78, 5) is 48.8. The van der Waals surface area contributed by atoms with Crippen LogP contribution in [-0.4, -0.2) is 69.4 Å². The summed E-state index contributed by atoms with van der Waals surface area (Å²) >= 11 is 6.31. The van der Waals surface area contributed by atoms with E-state index in [-0.39, 0.29) is 34.5 Å². The van der Waals surface area contributed by atoms with E-state index in [2.05, 4.69) is 20.3 Å². The quantitative estimate of drug-likeness (QED) is 0.0693. The van der Waals surface area contributed by atoms with Gasteiger partial charge in [-0.1, -0.05) is 92.2 Å². The van der Waals surface area contributed by atoms with E-state index in [4.69, 9.17) is 45.3 Å². The summed E-state index contributed by atoms with van der Waals surface area (Å²) in [6.45, 7) is 3.04. The number of anilines is 1. The number of carbonyl (C=O) groups is 1. The number of nitrogens with zero attached hydrogens (tertiary/aromatic N) is 3. The van der Waals surface area contributed by atoms with E-state index in [0.717, 1.165) is 5.56 Å². The largest absolute Gasteiger partial charge is 0.527 e. The summed E-state index contributed by atoms with van der Waals surface area (Å²) in [5.74, 6) is -0.0720. The molecule has 1 unspecified atom stereocenters. The molecule has 1 fully saturated rings. The minimum atomic E-state index is -5.07. The second-order valence-electron chi connectivity index (χ2n) is 13.9. The fourth-order valence-corrected chi connectivity index (χ4v) is 8.21. The maximum absolute atomic E-state index is 14.0. The van der Waals surface area contributed by atoms with Gasteiger partial charge in [0.2, 0.25) is 11.9 Å². The van der Waals surface area contributed by atoms with E-state index in [9.17, 15) is 19.0 Å². The van der Waals surface area contributed by atoms with Crippen LogP contribution in [0.5, 0.6) is 17.2 Å². The number of phosphoric acid groups is 1. The highest BCUT2D eigenvalue weighted by atomic mass is 35.5. The molecule has 16 nitrogen and oxygen atoms in total. The van der Waals surface area contributed by atoms with Crippen LogP contribution in [0.3, 0.4) is 0 Å². The van der Waals surface area contributed by atoms with Gasteiger partial charge in [-0.25, -0.2) is 9.55 Å². The summed E-state index contributed by atoms with van der Waals surface area (Å²) in [5, 5.41) is 2.98. The van der Waals surface area contributed by atoms with Crippen LogP contribution in [0.4, 0.5) is 5.95 Å². The number of benzene rings is 4. The van der Waals surface area contributed by atoms with Gasteiger partial charge >= 0.3 is 7.82 Å². The van der Waals surface area contributed by atoms with Gasteiger partial charge in [0.05, 0.1) is 32.2 Å². The highest BCUT2D eigenvalue weighted by molar-refractivity contribution is 7.47. The van der Waals surface area contributed by atoms with Crippen molar-refractivity contribution in [3.8, 4) is 17.2 Å². The molecule has 59 heavy (non-hydrogen) atoms. The average Bonchev–Trinajstić information content (AvgIpc) is 3.80. The minimum absolute atomic E-state index is 0.0231. The van der Waals surface area contributed by atoms with Gasteiger partial charge in [0, 0.05) is 5.92 Å². The number of para-hydroxylation sites is 1. The van der Waals surface area contributed by atoms with Crippen LogP contribution in [-0.2, 0) is 29.0 Å². The van der Waals surface area contributed by atoms with Gasteiger partial charge in [-0.2, -0.15) is 4.98 Å². The predicted octanol–water partition coefficient (Wildman–Crippen LogP) is 5.98. The average molecular weight is 845 g/mol. The molecular formula is C41H42ClN6O10P. The molecule has 0 radical (unpaired) electrons. The van der Waals surface area contributed by atoms with Crippen LogP contribution in [0, 0.1) is 5.92 Å². The smallest absolute Gasteiger partial charge is 0.497 e. The first kappa shape index (κ1) is 41.4. The number of methoxy groups -OCH3 is 2. The third-order valence-electron chi connectivity index (χ3n) is 9.84. The Balaban J connectivity index is 1.38. The highest BCUT2D eigenvalue weighted by Gasteiger charge is 2.52. The molecule has 0 saturated carbocycles. The molecule has 4 aromatic carbocycles. The van der Waals surface area contributed by atoms with Crippen molar-refractivity contribution in [2.45, 2.75) is 43.9 Å². The van der Waals surface area contributed by atoms with E-state index in [1.165, 1.54) is 23.0 Å². The number of phosphoric ester groups is 1. The van der Waals surface area contributed by atoms with E-state index >= 15 is 0 Å². The van der Waals surface area contributed by atoms with Crippen molar-refractivity contribution in [1.29, 1.82) is 0 Å². The lowest BCUT2D eigenvalue weighted by atomic mass is 9.80. The number of aromatic nitrogens is 4. The molecular weight excluding hydrogens is 803 g/mol. The van der Waals surface area contributed by atoms with Gasteiger partial charge in [-0.15, -0.1) is 0 Å². The standard InChI is InChI=1S/C41H42ClN6O10P/c1-24(2)37(49)45-33-35(58-59(51,52)57-31-13-9-8-12-30(31)42)32(56-39(33)48-23-44-34-36(48)46-40(43)47-38(34)50)22-55-41(25-10-6-5-7-11-25,26-14-18-28(53-3)19-15-26)27-16-20-29(54-4)21-17-27/h5-21,23-24,32-33,35,39H,22H2,1-4H3,(H,45,49)(H,51,52)(H3,43,46,47,50)/t32-,33-,35-,39-/m1/s1. The van der Waals surface area contributed by atoms with E-state index in [1.807, 2.05) is 78.9 Å². The Hall–Kier alpha value is -5.74. The number of aromatic amines is 1. The van der Waals surface area contributed by atoms with E-state index in [1.54, 1.807) is 40.2 Å². The molecule has 1 aliphatic rings. The number of nitrogen functional groups attached to an aromatic ring is 1. The molecule has 18 heteroatoms. The third-order valence-corrected chi connectivity index (χ3v) is 11.1. The maximum atomic E-state index is 14.0. The number of rotatable bonds is 15. The second-order valence-corrected chi connectivity index (χ2v) is 15.6. The third kappa shape index (κ3) is 8.55. The van der Waals surface area contributed by atoms with Gasteiger partial charge in [0.15, 0.2) is 17.4 Å². The van der Waals surface area contributed by atoms with Crippen LogP contribution in [0.15, 0.2) is 114 Å². The van der Waals surface area contributed by atoms with Crippen molar-refractivity contribution in [2.24, 2.45) is 5.92 Å². The molecule has 2 aromatic heterocycles. The summed E-state index contributed by atoms with van der Waals surface area (Å²) in [5.41, 5.74) is 6.06. The summed E-state index contributed by atoms with van der Waals surface area (Å²) in [7, 11) is -1.93. The Morgan fingerprint density at radius 2 is 1.56 bits per heavy atom. The Kier molecular flexibility index (Phi) is 12.1. The number of hydrogen-bond acceptors (Lipinski definition) is 12. The monoisotopic (exact) mass is 844 g/mol. The number of nitrogens with one attached hydrogen (secondary N) is 2. The number of nitrogens with two attached hydrogens (primary N) is 1. The van der Waals surface area contributed by atoms with Gasteiger partial charge in [0.25, 0.3) is 5.56 Å². The van der Waals surface area contributed by atoms with Crippen LogP contribution < -0.4 is 30.6 Å². The molecule has 308 valence electrons. The zero-order chi connectivity index (χ0) is 41.9. The lowest BCUT2D eigenvalue weighted by Crippen LogP contribution is -2.49. The Labute approximate surface area is 343 Å². The van der Waals surface area contributed by atoms with E-state index < -0.39 is 55.3 Å². The summed E-state index contributed by atoms with van der Waals surface area (Å²) < 4.78 is 51.8. The molecule has 7 rings (SSSR count). The Morgan fingerprint density at radius 1 is 0.966 bits per heavy atom. The Bertz CT molecular complexity index is 2470. The lowest BCUT2D eigenvalue weighted by molar-refractivity contribution is -0.126. The number of amides is 1. The first-order valence-electron chi connectivity index (χ1n) is 18.5. The zero-order valence-electron chi connectivity index (χ0n) is 32.4. The lowest BCUT2D eigenvalue weighted by Gasteiger charge is -2.37. The molecule has 1 aliphatic heterocycles. The zero-order valence-corrected chi connectivity index (χ0v) is 34.0. The van der Waals surface area contributed by atoms with Gasteiger partial charge in [-0.05, 0) is 53.1 Å². The molecule has 0 aliphatic carbocycles. The summed E-state index contributed by atoms with van der Waals surface area (Å²) in [6.07, 6.45) is -2.64. The molecule has 5 atom stereocenters. The second kappa shape index (κ2) is 17.2. The van der Waals surface area contributed by atoms with Crippen molar-refractivity contribution in [1.82, 2.24) is 24.8 Å². The fraction of sp³-hybridized carbons (Fsp3) is 0.268. The molecule has 6 aromatic rings. The predicted molar refractivity (Wildman–Crippen MR) is 218 cm³/mol. The molecule has 5 N–H and O–H groups in total. The number of hydrogen-bond donors (Lipinski definition) is 4. The first-order chi connectivity index (χ1) is 28.3. The summed E-state index contributed by atoms with van der Waals surface area (Å²) in [6, 6.07) is 29.1. The Morgan fingerprint density at radius 3 is 2.15 bits per heavy atom. The number of ether oxygens (including phenoxy) is 4. The maximum Gasteiger partial charge on any atom is 0.527 e. The van der Waals surface area contributed by atoms with Gasteiger partial charge < -0.3 is 34.5 Å². The number of H-pyrrole nitrogens is 1. The number of imidazole rings is 1. The molecule has 0 spiro atoms. The van der Waals surface area contributed by atoms with Crippen LogP contribution in [0.1, 0.15) is 36.8 Å². The molecule has 0 bridgehead atoms. The first-order valence-corrected chi connectivity index (χ1v) is 20.3. The number of fused-ring (bicyclic) bond motifs is 1. The van der Waals surface area contributed by atoms with Crippen molar-refractivity contribution < 1.29 is 42.2 Å². The normalized spacial score (nSPS) is 19.0. The minimum Gasteiger partial charge on any atom is -0.497 e. The van der Waals surface area contributed by atoms with Gasteiger partial charge in [-0.3, -0.25) is 28.6 Å². The van der Waals surface area contributed by atoms with Crippen molar-refractivity contribution >= 4 is 42.4 Å². The van der Waals surface area contributed by atoms with Crippen LogP contribution in [0.2, 0.25) is 5.02 Å². The topological polar surface area (TPSA) is 211 Å². The van der Waals surface area contributed by atoms with Crippen molar-refractivity contribution in [2.75, 3.05) is 26.6 Å². The van der Waals surface area contributed by atoms with Gasteiger partial charge in [0.1, 0.15) is 41.1 Å². The molecule has 1 saturated heterocycles. The SMILES string of the molecule is COc1ccc(C(OC[C@H]2O[C@@H](n3cnc4c(=O)[nH]c(N)nc43)[C@H](NC(=O)C(C)C)[C@@H]2OP(=O)(O)Oc2ccccc2Cl)(c2ccccc2)c2ccc(OC)cc2)cc1. The fourth-order valence-electron chi connectivity index (χ4n) is 6.95. The van der Waals surface area contributed by atoms with Crippen LogP contribution >= 0.6 is 19.4 Å². The number of halogens is 1.